The maximum atomic E-state index is 12.0. The zero-order chi connectivity index (χ0) is 13.4. The lowest BCUT2D eigenvalue weighted by Gasteiger charge is -2.34. The third-order valence-corrected chi connectivity index (χ3v) is 4.31. The fraction of sp³-hybridized carbons (Fsp3) is 0.923. The second-order valence-corrected chi connectivity index (χ2v) is 6.15. The molecule has 1 rings (SSSR count). The highest BCUT2D eigenvalue weighted by Crippen LogP contribution is 2.05. The van der Waals surface area contributed by atoms with Crippen LogP contribution in [0.25, 0.3) is 0 Å². The van der Waals surface area contributed by atoms with Crippen LogP contribution in [0.1, 0.15) is 27.2 Å². The van der Waals surface area contributed by atoms with Gasteiger partial charge in [-0.25, -0.2) is 4.79 Å². The molecular formula is C13H27N3OS. The molecule has 106 valence electrons. The highest BCUT2D eigenvalue weighted by Gasteiger charge is 2.20. The van der Waals surface area contributed by atoms with Gasteiger partial charge in [-0.05, 0) is 31.4 Å². The largest absolute Gasteiger partial charge is 0.336 e. The smallest absolute Gasteiger partial charge is 0.317 e. The maximum absolute atomic E-state index is 12.0. The Hall–Kier alpha value is -0.420. The lowest BCUT2D eigenvalue weighted by Crippen LogP contribution is -2.53. The summed E-state index contributed by atoms with van der Waals surface area (Å²) in [6.45, 7) is 11.2. The number of rotatable bonds is 6. The number of urea groups is 1. The molecule has 0 spiro atoms. The lowest BCUT2D eigenvalue weighted by molar-refractivity contribution is 0.141. The molecule has 4 nitrogen and oxygen atoms in total. The van der Waals surface area contributed by atoms with Gasteiger partial charge in [0.1, 0.15) is 0 Å². The molecule has 1 fully saturated rings. The Morgan fingerprint density at radius 2 is 1.94 bits per heavy atom. The molecule has 1 atom stereocenters. The highest BCUT2D eigenvalue weighted by atomic mass is 32.2. The van der Waals surface area contributed by atoms with E-state index in [-0.39, 0.29) is 12.1 Å². The fourth-order valence-electron chi connectivity index (χ4n) is 2.05. The zero-order valence-electron chi connectivity index (χ0n) is 11.9. The number of carbonyl (C=O) groups excluding carboxylic acids is 1. The quantitative estimate of drug-likeness (QED) is 0.750. The van der Waals surface area contributed by atoms with Crippen molar-refractivity contribution in [1.29, 1.82) is 0 Å². The average Bonchev–Trinajstić information content (AvgIpc) is 2.39. The van der Waals surface area contributed by atoms with Crippen molar-refractivity contribution < 1.29 is 4.79 Å². The van der Waals surface area contributed by atoms with Gasteiger partial charge in [0.25, 0.3) is 0 Å². The Morgan fingerprint density at radius 3 is 2.50 bits per heavy atom. The number of nitrogens with one attached hydrogen (secondary N) is 1. The van der Waals surface area contributed by atoms with Gasteiger partial charge >= 0.3 is 6.03 Å². The van der Waals surface area contributed by atoms with Crippen molar-refractivity contribution in [3.05, 3.63) is 0 Å². The Balaban J connectivity index is 2.20. The first-order chi connectivity index (χ1) is 8.67. The van der Waals surface area contributed by atoms with E-state index in [2.05, 4.69) is 31.0 Å². The predicted octanol–water partition coefficient (Wildman–Crippen LogP) is 1.87. The lowest BCUT2D eigenvalue weighted by atomic mass is 10.2. The number of amides is 2. The fourth-order valence-corrected chi connectivity index (χ4v) is 2.85. The van der Waals surface area contributed by atoms with E-state index in [1.807, 2.05) is 16.7 Å². The molecule has 1 saturated heterocycles. The van der Waals surface area contributed by atoms with Gasteiger partial charge in [0, 0.05) is 32.2 Å². The molecule has 0 aromatic carbocycles. The number of carbonyl (C=O) groups is 1. The summed E-state index contributed by atoms with van der Waals surface area (Å²) in [4.78, 5) is 16.3. The first-order valence-corrected chi connectivity index (χ1v) is 8.18. The summed E-state index contributed by atoms with van der Waals surface area (Å²) in [6.07, 6.45) is 1.05. The van der Waals surface area contributed by atoms with Gasteiger partial charge in [0.2, 0.25) is 0 Å². The van der Waals surface area contributed by atoms with Crippen LogP contribution in [-0.2, 0) is 0 Å². The summed E-state index contributed by atoms with van der Waals surface area (Å²) < 4.78 is 0. The minimum absolute atomic E-state index is 0.111. The van der Waals surface area contributed by atoms with Crippen molar-refractivity contribution in [2.45, 2.75) is 33.2 Å². The standard InChI is InChI=1S/C13H27N3OS/c1-4-15-7-9-16(10-8-15)13(17)14-12(3)6-11-18-5-2/h12H,4-11H2,1-3H3,(H,14,17)/t12-/m1/s1. The second-order valence-electron chi connectivity index (χ2n) is 4.76. The Kier molecular flexibility index (Phi) is 7.51. The molecule has 0 aliphatic carbocycles. The topological polar surface area (TPSA) is 35.6 Å². The number of nitrogens with zero attached hydrogens (tertiary/aromatic N) is 2. The number of piperazine rings is 1. The second kappa shape index (κ2) is 8.64. The van der Waals surface area contributed by atoms with Crippen LogP contribution < -0.4 is 5.32 Å². The average molecular weight is 273 g/mol. The molecular weight excluding hydrogens is 246 g/mol. The molecule has 2 amide bonds. The number of thioether (sulfide) groups is 1. The Morgan fingerprint density at radius 1 is 1.28 bits per heavy atom. The van der Waals surface area contributed by atoms with E-state index >= 15 is 0 Å². The molecule has 1 aliphatic heterocycles. The van der Waals surface area contributed by atoms with Gasteiger partial charge in [-0.3, -0.25) is 0 Å². The number of hydrogen-bond acceptors (Lipinski definition) is 3. The summed E-state index contributed by atoms with van der Waals surface area (Å²) >= 11 is 1.93. The third kappa shape index (κ3) is 5.48. The summed E-state index contributed by atoms with van der Waals surface area (Å²) in [6, 6.07) is 0.389. The van der Waals surface area contributed by atoms with Crippen LogP contribution in [-0.4, -0.2) is 66.1 Å². The van der Waals surface area contributed by atoms with E-state index in [4.69, 9.17) is 0 Å². The van der Waals surface area contributed by atoms with Crippen molar-refractivity contribution in [3.8, 4) is 0 Å². The molecule has 1 heterocycles. The highest BCUT2D eigenvalue weighted by molar-refractivity contribution is 7.99. The van der Waals surface area contributed by atoms with Crippen LogP contribution in [0.4, 0.5) is 4.79 Å². The third-order valence-electron chi connectivity index (χ3n) is 3.38. The molecule has 0 aromatic heterocycles. The molecule has 0 radical (unpaired) electrons. The summed E-state index contributed by atoms with van der Waals surface area (Å²) in [7, 11) is 0. The molecule has 0 bridgehead atoms. The number of likely N-dealkylation sites (N-methyl/N-ethyl adjacent to an activating group) is 1. The first-order valence-electron chi connectivity index (χ1n) is 7.02. The Labute approximate surface area is 115 Å². The first kappa shape index (κ1) is 15.6. The molecule has 0 saturated carbocycles. The van der Waals surface area contributed by atoms with Gasteiger partial charge in [0.05, 0.1) is 0 Å². The van der Waals surface area contributed by atoms with E-state index in [1.165, 1.54) is 0 Å². The van der Waals surface area contributed by atoms with Gasteiger partial charge in [-0.2, -0.15) is 11.8 Å². The molecule has 1 aliphatic rings. The van der Waals surface area contributed by atoms with Crippen LogP contribution in [0.15, 0.2) is 0 Å². The number of hydrogen-bond donors (Lipinski definition) is 1. The van der Waals surface area contributed by atoms with Gasteiger partial charge in [0.15, 0.2) is 0 Å². The van der Waals surface area contributed by atoms with Gasteiger partial charge in [-0.15, -0.1) is 0 Å². The van der Waals surface area contributed by atoms with Crippen LogP contribution in [0.2, 0.25) is 0 Å². The van der Waals surface area contributed by atoms with Gasteiger partial charge in [-0.1, -0.05) is 13.8 Å². The Bertz CT molecular complexity index is 242. The van der Waals surface area contributed by atoms with Crippen LogP contribution in [0.3, 0.4) is 0 Å². The van der Waals surface area contributed by atoms with E-state index in [0.717, 1.165) is 50.7 Å². The normalized spacial score (nSPS) is 18.7. The predicted molar refractivity (Wildman–Crippen MR) is 79.3 cm³/mol. The molecule has 18 heavy (non-hydrogen) atoms. The minimum Gasteiger partial charge on any atom is -0.336 e. The summed E-state index contributed by atoms with van der Waals surface area (Å²) in [5.41, 5.74) is 0. The van der Waals surface area contributed by atoms with Crippen LogP contribution >= 0.6 is 11.8 Å². The molecule has 0 aromatic rings. The molecule has 5 heteroatoms. The monoisotopic (exact) mass is 273 g/mol. The summed E-state index contributed by atoms with van der Waals surface area (Å²) in [5.74, 6) is 2.28. The van der Waals surface area contributed by atoms with E-state index in [9.17, 15) is 4.79 Å². The van der Waals surface area contributed by atoms with Crippen molar-refractivity contribution in [3.63, 3.8) is 0 Å². The molecule has 0 unspecified atom stereocenters. The van der Waals surface area contributed by atoms with Crippen molar-refractivity contribution in [1.82, 2.24) is 15.1 Å². The van der Waals surface area contributed by atoms with Crippen molar-refractivity contribution in [2.75, 3.05) is 44.2 Å². The maximum Gasteiger partial charge on any atom is 0.317 e. The summed E-state index contributed by atoms with van der Waals surface area (Å²) in [5, 5.41) is 3.10. The minimum atomic E-state index is 0.111. The van der Waals surface area contributed by atoms with E-state index in [1.54, 1.807) is 0 Å². The van der Waals surface area contributed by atoms with Crippen LogP contribution in [0, 0.1) is 0 Å². The van der Waals surface area contributed by atoms with Crippen LogP contribution in [0.5, 0.6) is 0 Å². The van der Waals surface area contributed by atoms with E-state index in [0.29, 0.717) is 0 Å². The van der Waals surface area contributed by atoms with Crippen molar-refractivity contribution in [2.24, 2.45) is 0 Å². The van der Waals surface area contributed by atoms with Gasteiger partial charge < -0.3 is 15.1 Å². The van der Waals surface area contributed by atoms with Crippen molar-refractivity contribution >= 4 is 17.8 Å². The SMILES string of the molecule is CCSCC[C@@H](C)NC(=O)N1CCN(CC)CC1. The van der Waals surface area contributed by atoms with E-state index < -0.39 is 0 Å². The molecule has 1 N–H and O–H groups in total. The zero-order valence-corrected chi connectivity index (χ0v) is 12.8.